The van der Waals surface area contributed by atoms with Gasteiger partial charge < -0.3 is 18.6 Å². The van der Waals surface area contributed by atoms with Crippen LogP contribution in [0.25, 0.3) is 0 Å². The van der Waals surface area contributed by atoms with Crippen molar-refractivity contribution in [3.8, 4) is 0 Å². The molecule has 0 bridgehead atoms. The van der Waals surface area contributed by atoms with Crippen LogP contribution in [0.15, 0.2) is 0 Å². The van der Waals surface area contributed by atoms with E-state index in [4.69, 9.17) is 4.74 Å². The molecule has 1 radical (unpaired) electrons. The van der Waals surface area contributed by atoms with Gasteiger partial charge in [-0.25, -0.2) is 0 Å². The molecule has 2 aliphatic rings. The van der Waals surface area contributed by atoms with Gasteiger partial charge >= 0.3 is 0 Å². The van der Waals surface area contributed by atoms with Crippen molar-refractivity contribution in [2.75, 3.05) is 0 Å². The van der Waals surface area contributed by atoms with E-state index in [9.17, 15) is 0 Å². The first-order valence-corrected chi connectivity index (χ1v) is 2.94. The predicted octanol–water partition coefficient (Wildman–Crippen LogP) is 1.59. The Bertz CT molecular complexity index is 75.0. The summed E-state index contributed by atoms with van der Waals surface area (Å²) in [7, 11) is 0. The van der Waals surface area contributed by atoms with Gasteiger partial charge in [-0.1, -0.05) is 6.42 Å². The topological polar surface area (TPSA) is 12.5 Å². The molecule has 0 amide bonds. The van der Waals surface area contributed by atoms with Crippen molar-refractivity contribution >= 4 is 0 Å². The molecule has 2 unspecified atom stereocenters. The first-order valence-electron chi connectivity index (χ1n) is 2.94. The van der Waals surface area contributed by atoms with Gasteiger partial charge in [-0.15, -0.1) is 6.42 Å². The molecule has 1 saturated heterocycles. The SMILES string of the molecule is [CH-]1CCC2OC2C1.[CH3-].[Y]. The maximum atomic E-state index is 5.25. The first kappa shape index (κ1) is 10.1. The summed E-state index contributed by atoms with van der Waals surface area (Å²) in [5.41, 5.74) is 0. The zero-order valence-electron chi connectivity index (χ0n) is 5.84. The van der Waals surface area contributed by atoms with Crippen molar-refractivity contribution in [3.05, 3.63) is 13.8 Å². The van der Waals surface area contributed by atoms with Gasteiger partial charge in [0.2, 0.25) is 0 Å². The second-order valence-corrected chi connectivity index (χ2v) is 2.31. The number of ether oxygens (including phenoxy) is 1. The van der Waals surface area contributed by atoms with Gasteiger partial charge in [0.15, 0.2) is 0 Å². The van der Waals surface area contributed by atoms with Crippen molar-refractivity contribution in [2.24, 2.45) is 0 Å². The Balaban J connectivity index is 0.000000320. The fraction of sp³-hybridized carbons (Fsp3) is 0.714. The molecule has 1 heterocycles. The molecule has 2 heteroatoms. The molecule has 0 aromatic carbocycles. The van der Waals surface area contributed by atoms with Gasteiger partial charge in [0, 0.05) is 32.7 Å². The Labute approximate surface area is 82.4 Å². The van der Waals surface area contributed by atoms with E-state index in [1.54, 1.807) is 0 Å². The van der Waals surface area contributed by atoms with Crippen molar-refractivity contribution in [3.63, 3.8) is 0 Å². The molecule has 9 heavy (non-hydrogen) atoms. The minimum Gasteiger partial charge on any atom is -0.372 e. The van der Waals surface area contributed by atoms with Crippen molar-refractivity contribution in [2.45, 2.75) is 31.5 Å². The quantitative estimate of drug-likeness (QED) is 0.428. The fourth-order valence-corrected chi connectivity index (χ4v) is 1.20. The monoisotopic (exact) mass is 201 g/mol. The zero-order valence-corrected chi connectivity index (χ0v) is 8.68. The predicted molar refractivity (Wildman–Crippen MR) is 33.2 cm³/mol. The minimum atomic E-state index is 0. The Hall–Kier alpha value is 1.06. The molecule has 2 fully saturated rings. The Morgan fingerprint density at radius 1 is 1.33 bits per heavy atom. The second-order valence-electron chi connectivity index (χ2n) is 2.31. The molecule has 51 valence electrons. The average Bonchev–Trinajstić information content (AvgIpc) is 2.41. The van der Waals surface area contributed by atoms with Crippen LogP contribution in [0.5, 0.6) is 0 Å². The van der Waals surface area contributed by atoms with E-state index in [-0.39, 0.29) is 40.1 Å². The molecule has 2 atom stereocenters. The number of rotatable bonds is 0. The van der Waals surface area contributed by atoms with E-state index < -0.39 is 0 Å². The minimum absolute atomic E-state index is 0. The molecule has 1 saturated carbocycles. The Morgan fingerprint density at radius 3 is 2.56 bits per heavy atom. The summed E-state index contributed by atoms with van der Waals surface area (Å²) in [5.74, 6) is 0. The number of epoxide rings is 1. The van der Waals surface area contributed by atoms with E-state index in [2.05, 4.69) is 6.42 Å². The van der Waals surface area contributed by atoms with E-state index in [1.165, 1.54) is 19.3 Å². The number of hydrogen-bond donors (Lipinski definition) is 0. The summed E-state index contributed by atoms with van der Waals surface area (Å²) in [6.45, 7) is 0. The van der Waals surface area contributed by atoms with Crippen LogP contribution in [0.2, 0.25) is 0 Å². The molecule has 0 N–H and O–H groups in total. The van der Waals surface area contributed by atoms with Gasteiger partial charge in [-0.2, -0.15) is 6.42 Å². The molecule has 2 rings (SSSR count). The van der Waals surface area contributed by atoms with Crippen LogP contribution in [0.3, 0.4) is 0 Å². The van der Waals surface area contributed by atoms with E-state index in [1.807, 2.05) is 0 Å². The van der Waals surface area contributed by atoms with Gasteiger partial charge in [-0.05, 0) is 0 Å². The molecule has 0 spiro atoms. The van der Waals surface area contributed by atoms with Gasteiger partial charge in [0.05, 0.1) is 12.2 Å². The van der Waals surface area contributed by atoms with Crippen LogP contribution in [-0.4, -0.2) is 12.2 Å². The third-order valence-corrected chi connectivity index (χ3v) is 1.74. The van der Waals surface area contributed by atoms with Crippen molar-refractivity contribution < 1.29 is 37.4 Å². The van der Waals surface area contributed by atoms with E-state index >= 15 is 0 Å². The van der Waals surface area contributed by atoms with Gasteiger partial charge in [-0.3, -0.25) is 0 Å². The van der Waals surface area contributed by atoms with Crippen LogP contribution < -0.4 is 0 Å². The summed E-state index contributed by atoms with van der Waals surface area (Å²) in [4.78, 5) is 0. The van der Waals surface area contributed by atoms with Crippen molar-refractivity contribution in [1.82, 2.24) is 0 Å². The average molecular weight is 201 g/mol. The number of fused-ring (bicyclic) bond motifs is 1. The largest absolute Gasteiger partial charge is 0.372 e. The standard InChI is InChI=1S/C6H9O.CH3.Y/c1-2-4-6-5(3-1)7-6;;/h1,5-6H,2-4H2;1H3;/q2*-1;. The number of hydrogen-bond acceptors (Lipinski definition) is 1. The third kappa shape index (κ3) is 2.29. The molecule has 0 aromatic heterocycles. The summed E-state index contributed by atoms with van der Waals surface area (Å²) in [6.07, 6.45) is 7.42. The molecule has 1 aliphatic carbocycles. The maximum absolute atomic E-state index is 5.25. The van der Waals surface area contributed by atoms with Crippen molar-refractivity contribution in [1.29, 1.82) is 0 Å². The van der Waals surface area contributed by atoms with E-state index in [0.717, 1.165) is 0 Å². The summed E-state index contributed by atoms with van der Waals surface area (Å²) >= 11 is 0. The van der Waals surface area contributed by atoms with Gasteiger partial charge in [0.25, 0.3) is 0 Å². The first-order chi connectivity index (χ1) is 3.47. The fourth-order valence-electron chi connectivity index (χ4n) is 1.20. The summed E-state index contributed by atoms with van der Waals surface area (Å²) in [6, 6.07) is 0. The van der Waals surface area contributed by atoms with Crippen LogP contribution in [0, 0.1) is 13.8 Å². The summed E-state index contributed by atoms with van der Waals surface area (Å²) in [5, 5.41) is 0. The molecular formula is C7H12OY-2. The molecule has 0 aromatic rings. The maximum Gasteiger partial charge on any atom is 0.0791 e. The third-order valence-electron chi connectivity index (χ3n) is 1.74. The van der Waals surface area contributed by atoms with Crippen LogP contribution in [-0.2, 0) is 37.4 Å². The normalized spacial score (nSPS) is 37.3. The van der Waals surface area contributed by atoms with Crippen LogP contribution >= 0.6 is 0 Å². The second kappa shape index (κ2) is 4.05. The zero-order chi connectivity index (χ0) is 4.69. The molecule has 1 aliphatic heterocycles. The molecule has 1 nitrogen and oxygen atoms in total. The van der Waals surface area contributed by atoms with E-state index in [0.29, 0.717) is 12.2 Å². The Morgan fingerprint density at radius 2 is 2.11 bits per heavy atom. The Kier molecular flexibility index (Phi) is 4.53. The van der Waals surface area contributed by atoms with Crippen LogP contribution in [0.4, 0.5) is 0 Å². The molecular weight excluding hydrogens is 189 g/mol. The van der Waals surface area contributed by atoms with Gasteiger partial charge in [0.1, 0.15) is 0 Å². The summed E-state index contributed by atoms with van der Waals surface area (Å²) < 4.78 is 5.25. The smallest absolute Gasteiger partial charge is 0.0791 e. The van der Waals surface area contributed by atoms with Crippen LogP contribution in [0.1, 0.15) is 19.3 Å².